The fourth-order valence-corrected chi connectivity index (χ4v) is 3.25. The fourth-order valence-electron chi connectivity index (χ4n) is 3.25. The Labute approximate surface area is 146 Å². The summed E-state index contributed by atoms with van der Waals surface area (Å²) >= 11 is 0. The molecule has 9 nitrogen and oxygen atoms in total. The molecule has 9 heteroatoms. The van der Waals surface area contributed by atoms with Crippen LogP contribution in [-0.2, 0) is 12.6 Å². The standard InChI is InChI=1S/C16H25N7O2/c1-10(2)13-19-14(22-25-13)16(7-5-6-8-16)20-15(24)18-11(3)12-21-17-9-23(12)4/h9-11H,5-8H2,1-4H3,(H2,18,20,24)/t11-/m0/s1. The summed E-state index contributed by atoms with van der Waals surface area (Å²) in [5.41, 5.74) is -0.569. The first-order valence-corrected chi connectivity index (χ1v) is 8.68. The van der Waals surface area contributed by atoms with E-state index in [0.717, 1.165) is 25.7 Å². The second kappa shape index (κ2) is 6.81. The molecular weight excluding hydrogens is 322 g/mol. The Hall–Kier alpha value is -2.45. The van der Waals surface area contributed by atoms with Gasteiger partial charge in [-0.05, 0) is 19.8 Å². The van der Waals surface area contributed by atoms with Crippen LogP contribution in [0, 0.1) is 0 Å². The normalized spacial score (nSPS) is 17.6. The lowest BCUT2D eigenvalue weighted by molar-refractivity contribution is 0.217. The van der Waals surface area contributed by atoms with Crippen LogP contribution in [0.5, 0.6) is 0 Å². The average molecular weight is 347 g/mol. The first-order chi connectivity index (χ1) is 11.9. The van der Waals surface area contributed by atoms with Crippen molar-refractivity contribution in [2.75, 3.05) is 0 Å². The van der Waals surface area contributed by atoms with Crippen LogP contribution < -0.4 is 10.6 Å². The third kappa shape index (κ3) is 3.49. The summed E-state index contributed by atoms with van der Waals surface area (Å²) in [7, 11) is 1.84. The lowest BCUT2D eigenvalue weighted by Gasteiger charge is -2.27. The van der Waals surface area contributed by atoms with Crippen LogP contribution in [0.25, 0.3) is 0 Å². The Kier molecular flexibility index (Phi) is 4.73. The number of amides is 2. The van der Waals surface area contributed by atoms with E-state index in [0.29, 0.717) is 17.5 Å². The molecule has 0 aliphatic heterocycles. The third-order valence-corrected chi connectivity index (χ3v) is 4.65. The number of nitrogens with one attached hydrogen (secondary N) is 2. The molecule has 0 bridgehead atoms. The third-order valence-electron chi connectivity index (χ3n) is 4.65. The van der Waals surface area contributed by atoms with Crippen LogP contribution in [0.3, 0.4) is 0 Å². The summed E-state index contributed by atoms with van der Waals surface area (Å²) in [4.78, 5) is 17.1. The largest absolute Gasteiger partial charge is 0.339 e. The second-order valence-electron chi connectivity index (χ2n) is 7.02. The molecular formula is C16H25N7O2. The van der Waals surface area contributed by atoms with Crippen molar-refractivity contribution >= 4 is 6.03 Å². The number of nitrogens with zero attached hydrogens (tertiary/aromatic N) is 5. The highest BCUT2D eigenvalue weighted by atomic mass is 16.5. The highest BCUT2D eigenvalue weighted by Crippen LogP contribution is 2.37. The van der Waals surface area contributed by atoms with Gasteiger partial charge in [-0.2, -0.15) is 4.98 Å². The van der Waals surface area contributed by atoms with Gasteiger partial charge in [0, 0.05) is 13.0 Å². The maximum atomic E-state index is 12.6. The number of carbonyl (C=O) groups excluding carboxylic acids is 1. The average Bonchev–Trinajstić information content (AvgIpc) is 3.26. The molecule has 2 aromatic rings. The van der Waals surface area contributed by atoms with Crippen molar-refractivity contribution in [1.82, 2.24) is 35.5 Å². The second-order valence-corrected chi connectivity index (χ2v) is 7.02. The Balaban J connectivity index is 1.73. The predicted molar refractivity (Wildman–Crippen MR) is 89.6 cm³/mol. The lowest BCUT2D eigenvalue weighted by atomic mass is 9.97. The Morgan fingerprint density at radius 2 is 2.04 bits per heavy atom. The molecule has 2 aromatic heterocycles. The van der Waals surface area contributed by atoms with Crippen molar-refractivity contribution in [2.45, 2.75) is 64.0 Å². The first-order valence-electron chi connectivity index (χ1n) is 8.68. The van der Waals surface area contributed by atoms with Gasteiger partial charge in [0.25, 0.3) is 0 Å². The number of aryl methyl sites for hydroxylation is 1. The zero-order chi connectivity index (χ0) is 18.0. The quantitative estimate of drug-likeness (QED) is 0.857. The molecule has 3 rings (SSSR count). The molecule has 0 saturated heterocycles. The number of aromatic nitrogens is 5. The van der Waals surface area contributed by atoms with Crippen molar-refractivity contribution in [2.24, 2.45) is 7.05 Å². The Morgan fingerprint density at radius 3 is 2.60 bits per heavy atom. The van der Waals surface area contributed by atoms with E-state index in [1.54, 1.807) is 10.9 Å². The monoisotopic (exact) mass is 347 g/mol. The van der Waals surface area contributed by atoms with Crippen LogP contribution in [-0.4, -0.2) is 30.9 Å². The highest BCUT2D eigenvalue weighted by Gasteiger charge is 2.41. The highest BCUT2D eigenvalue weighted by molar-refractivity contribution is 5.75. The predicted octanol–water partition coefficient (Wildman–Crippen LogP) is 2.15. The summed E-state index contributed by atoms with van der Waals surface area (Å²) < 4.78 is 7.13. The first kappa shape index (κ1) is 17.4. The molecule has 1 aliphatic rings. The van der Waals surface area contributed by atoms with E-state index in [2.05, 4.69) is 31.0 Å². The van der Waals surface area contributed by atoms with Crippen molar-refractivity contribution < 1.29 is 9.32 Å². The van der Waals surface area contributed by atoms with Gasteiger partial charge in [0.2, 0.25) is 5.89 Å². The van der Waals surface area contributed by atoms with Gasteiger partial charge in [-0.3, -0.25) is 0 Å². The van der Waals surface area contributed by atoms with Gasteiger partial charge in [0.1, 0.15) is 11.9 Å². The summed E-state index contributed by atoms with van der Waals surface area (Å²) in [5.74, 6) is 2.01. The van der Waals surface area contributed by atoms with Gasteiger partial charge in [-0.15, -0.1) is 10.2 Å². The number of urea groups is 1. The van der Waals surface area contributed by atoms with Crippen LogP contribution in [0.15, 0.2) is 10.9 Å². The Bertz CT molecular complexity index is 730. The van der Waals surface area contributed by atoms with Crippen LogP contribution in [0.2, 0.25) is 0 Å². The van der Waals surface area contributed by atoms with E-state index in [1.165, 1.54) is 0 Å². The van der Waals surface area contributed by atoms with Crippen molar-refractivity contribution in [3.8, 4) is 0 Å². The summed E-state index contributed by atoms with van der Waals surface area (Å²) in [5, 5.41) is 18.0. The zero-order valence-electron chi connectivity index (χ0n) is 15.1. The molecule has 1 aliphatic carbocycles. The zero-order valence-corrected chi connectivity index (χ0v) is 15.1. The molecule has 0 aromatic carbocycles. The van der Waals surface area contributed by atoms with E-state index in [-0.39, 0.29) is 18.0 Å². The molecule has 0 unspecified atom stereocenters. The number of hydrogen-bond acceptors (Lipinski definition) is 6. The van der Waals surface area contributed by atoms with Gasteiger partial charge in [-0.25, -0.2) is 4.79 Å². The SMILES string of the molecule is CC(C)c1nc(C2(NC(=O)N[C@@H](C)c3nncn3C)CCCC2)no1. The van der Waals surface area contributed by atoms with Crippen molar-refractivity contribution in [3.63, 3.8) is 0 Å². The molecule has 136 valence electrons. The fraction of sp³-hybridized carbons (Fsp3) is 0.688. The van der Waals surface area contributed by atoms with E-state index in [4.69, 9.17) is 4.52 Å². The number of hydrogen-bond donors (Lipinski definition) is 2. The van der Waals surface area contributed by atoms with Crippen molar-refractivity contribution in [3.05, 3.63) is 23.9 Å². The maximum absolute atomic E-state index is 12.6. The molecule has 1 atom stereocenters. The van der Waals surface area contributed by atoms with Crippen LogP contribution >= 0.6 is 0 Å². The van der Waals surface area contributed by atoms with E-state index < -0.39 is 5.54 Å². The molecule has 25 heavy (non-hydrogen) atoms. The molecule has 2 heterocycles. The van der Waals surface area contributed by atoms with Gasteiger partial charge >= 0.3 is 6.03 Å². The molecule has 1 fully saturated rings. The van der Waals surface area contributed by atoms with E-state index in [1.807, 2.05) is 27.8 Å². The molecule has 2 N–H and O–H groups in total. The molecule has 0 spiro atoms. The molecule has 2 amide bonds. The molecule has 0 radical (unpaired) electrons. The van der Waals surface area contributed by atoms with Gasteiger partial charge in [0.05, 0.1) is 6.04 Å². The topological polar surface area (TPSA) is 111 Å². The summed E-state index contributed by atoms with van der Waals surface area (Å²) in [6.45, 7) is 5.87. The summed E-state index contributed by atoms with van der Waals surface area (Å²) in [6, 6.07) is -0.532. The minimum Gasteiger partial charge on any atom is -0.339 e. The smallest absolute Gasteiger partial charge is 0.316 e. The maximum Gasteiger partial charge on any atom is 0.316 e. The number of carbonyl (C=O) groups is 1. The summed E-state index contributed by atoms with van der Waals surface area (Å²) in [6.07, 6.45) is 5.25. The lowest BCUT2D eigenvalue weighted by Crippen LogP contribution is -2.49. The minimum absolute atomic E-state index is 0.157. The minimum atomic E-state index is -0.569. The van der Waals surface area contributed by atoms with E-state index >= 15 is 0 Å². The number of rotatable bonds is 5. The van der Waals surface area contributed by atoms with Crippen molar-refractivity contribution in [1.29, 1.82) is 0 Å². The van der Waals surface area contributed by atoms with Gasteiger partial charge in [0.15, 0.2) is 11.6 Å². The van der Waals surface area contributed by atoms with E-state index in [9.17, 15) is 4.79 Å². The van der Waals surface area contributed by atoms with Gasteiger partial charge in [-0.1, -0.05) is 31.8 Å². The molecule has 1 saturated carbocycles. The van der Waals surface area contributed by atoms with Crippen LogP contribution in [0.1, 0.15) is 76.0 Å². The van der Waals surface area contributed by atoms with Gasteiger partial charge < -0.3 is 19.7 Å². The van der Waals surface area contributed by atoms with Crippen LogP contribution in [0.4, 0.5) is 4.79 Å². The Morgan fingerprint density at radius 1 is 1.32 bits per heavy atom.